The van der Waals surface area contributed by atoms with Gasteiger partial charge in [-0.3, -0.25) is 5.10 Å². The zero-order valence-electron chi connectivity index (χ0n) is 8.33. The molecule has 1 saturated heterocycles. The fourth-order valence-electron chi connectivity index (χ4n) is 2.25. The molecule has 0 aliphatic carbocycles. The topological polar surface area (TPSA) is 60.9 Å². The molecule has 1 atom stereocenters. The first kappa shape index (κ1) is 8.73. The van der Waals surface area contributed by atoms with Gasteiger partial charge in [0.2, 0.25) is 0 Å². The molecule has 2 heterocycles. The number of aromatic hydroxyl groups is 1. The number of nitrogens with zero attached hydrogens (tertiary/aromatic N) is 1. The number of rotatable bonds is 1. The Bertz CT molecular complexity index is 486. The number of hydrogen-bond acceptors (Lipinski definition) is 3. The summed E-state index contributed by atoms with van der Waals surface area (Å²) in [5.41, 5.74) is 1.82. The van der Waals surface area contributed by atoms with E-state index >= 15 is 0 Å². The molecule has 78 valence electrons. The zero-order chi connectivity index (χ0) is 10.3. The minimum absolute atomic E-state index is 0.251. The first-order valence-corrected chi connectivity index (χ1v) is 5.23. The van der Waals surface area contributed by atoms with Gasteiger partial charge < -0.3 is 10.4 Å². The largest absolute Gasteiger partial charge is 0.506 e. The summed E-state index contributed by atoms with van der Waals surface area (Å²) < 4.78 is 0. The molecule has 0 saturated carbocycles. The molecule has 3 N–H and O–H groups in total. The Kier molecular flexibility index (Phi) is 1.89. The number of benzene rings is 1. The molecule has 0 radical (unpaired) electrons. The van der Waals surface area contributed by atoms with E-state index in [2.05, 4.69) is 15.5 Å². The Morgan fingerprint density at radius 1 is 1.40 bits per heavy atom. The highest BCUT2D eigenvalue weighted by Gasteiger charge is 2.21. The molecule has 15 heavy (non-hydrogen) atoms. The van der Waals surface area contributed by atoms with Gasteiger partial charge >= 0.3 is 0 Å². The first-order chi connectivity index (χ1) is 7.36. The van der Waals surface area contributed by atoms with Crippen molar-refractivity contribution in [2.75, 3.05) is 13.1 Å². The fraction of sp³-hybridized carbons (Fsp3) is 0.364. The van der Waals surface area contributed by atoms with E-state index in [0.29, 0.717) is 11.4 Å². The maximum absolute atomic E-state index is 9.63. The van der Waals surface area contributed by atoms with Gasteiger partial charge in [-0.15, -0.1) is 0 Å². The van der Waals surface area contributed by atoms with Crippen LogP contribution < -0.4 is 5.32 Å². The monoisotopic (exact) mass is 203 g/mol. The van der Waals surface area contributed by atoms with Crippen LogP contribution in [0.4, 0.5) is 0 Å². The second-order valence-corrected chi connectivity index (χ2v) is 4.00. The third kappa shape index (κ3) is 1.29. The SMILES string of the molecule is Oc1cccc2c(C3CCNC3)[nH]nc12. The van der Waals surface area contributed by atoms with Crippen LogP contribution in [-0.2, 0) is 0 Å². The van der Waals surface area contributed by atoms with Crippen molar-refractivity contribution in [3.05, 3.63) is 23.9 Å². The Morgan fingerprint density at radius 3 is 3.13 bits per heavy atom. The van der Waals surface area contributed by atoms with Crippen molar-refractivity contribution in [1.29, 1.82) is 0 Å². The van der Waals surface area contributed by atoms with Gasteiger partial charge in [-0.05, 0) is 19.0 Å². The van der Waals surface area contributed by atoms with Gasteiger partial charge in [0.1, 0.15) is 11.3 Å². The smallest absolute Gasteiger partial charge is 0.143 e. The zero-order valence-corrected chi connectivity index (χ0v) is 8.33. The normalized spacial score (nSPS) is 21.2. The van der Waals surface area contributed by atoms with Gasteiger partial charge in [0.15, 0.2) is 0 Å². The number of aromatic nitrogens is 2. The van der Waals surface area contributed by atoms with Crippen LogP contribution in [-0.4, -0.2) is 28.4 Å². The number of fused-ring (bicyclic) bond motifs is 1. The lowest BCUT2D eigenvalue weighted by atomic mass is 10.0. The van der Waals surface area contributed by atoms with Crippen LogP contribution in [0.5, 0.6) is 5.75 Å². The van der Waals surface area contributed by atoms with Crippen molar-refractivity contribution in [2.45, 2.75) is 12.3 Å². The number of aromatic amines is 1. The molecule has 4 heteroatoms. The average molecular weight is 203 g/mol. The third-order valence-corrected chi connectivity index (χ3v) is 3.06. The number of phenolic OH excluding ortho intramolecular Hbond substituents is 1. The number of phenols is 1. The maximum Gasteiger partial charge on any atom is 0.143 e. The van der Waals surface area contributed by atoms with Crippen molar-refractivity contribution in [2.24, 2.45) is 0 Å². The first-order valence-electron chi connectivity index (χ1n) is 5.23. The number of nitrogens with one attached hydrogen (secondary N) is 2. The molecule has 0 spiro atoms. The van der Waals surface area contributed by atoms with E-state index in [1.807, 2.05) is 12.1 Å². The summed E-state index contributed by atoms with van der Waals surface area (Å²) >= 11 is 0. The minimum atomic E-state index is 0.251. The van der Waals surface area contributed by atoms with Crippen LogP contribution in [0.1, 0.15) is 18.0 Å². The van der Waals surface area contributed by atoms with E-state index in [9.17, 15) is 5.11 Å². The van der Waals surface area contributed by atoms with Crippen molar-refractivity contribution >= 4 is 10.9 Å². The van der Waals surface area contributed by atoms with E-state index in [-0.39, 0.29) is 5.75 Å². The molecule has 1 unspecified atom stereocenters. The summed E-state index contributed by atoms with van der Waals surface area (Å²) in [5, 5.41) is 21.2. The van der Waals surface area contributed by atoms with Crippen LogP contribution in [0.3, 0.4) is 0 Å². The number of para-hydroxylation sites is 1. The van der Waals surface area contributed by atoms with Crippen molar-refractivity contribution in [3.8, 4) is 5.75 Å². The molecule has 0 amide bonds. The van der Waals surface area contributed by atoms with Crippen LogP contribution >= 0.6 is 0 Å². The summed E-state index contributed by atoms with van der Waals surface area (Å²) in [7, 11) is 0. The van der Waals surface area contributed by atoms with E-state index < -0.39 is 0 Å². The number of hydrogen-bond donors (Lipinski definition) is 3. The van der Waals surface area contributed by atoms with Gasteiger partial charge in [-0.25, -0.2) is 0 Å². The quantitative estimate of drug-likeness (QED) is 0.655. The summed E-state index contributed by atoms with van der Waals surface area (Å²) in [4.78, 5) is 0. The summed E-state index contributed by atoms with van der Waals surface area (Å²) in [6, 6.07) is 5.53. The predicted molar refractivity (Wildman–Crippen MR) is 58.0 cm³/mol. The predicted octanol–water partition coefficient (Wildman–Crippen LogP) is 1.35. The highest BCUT2D eigenvalue weighted by Crippen LogP contribution is 2.30. The third-order valence-electron chi connectivity index (χ3n) is 3.06. The second-order valence-electron chi connectivity index (χ2n) is 4.00. The van der Waals surface area contributed by atoms with Crippen molar-refractivity contribution in [1.82, 2.24) is 15.5 Å². The fourth-order valence-corrected chi connectivity index (χ4v) is 2.25. The molecule has 1 aromatic heterocycles. The maximum atomic E-state index is 9.63. The summed E-state index contributed by atoms with van der Waals surface area (Å²) in [6.07, 6.45) is 1.13. The van der Waals surface area contributed by atoms with Gasteiger partial charge in [-0.2, -0.15) is 5.10 Å². The summed E-state index contributed by atoms with van der Waals surface area (Å²) in [5.74, 6) is 0.748. The van der Waals surface area contributed by atoms with Gasteiger partial charge in [0, 0.05) is 23.5 Å². The highest BCUT2D eigenvalue weighted by atomic mass is 16.3. The highest BCUT2D eigenvalue weighted by molar-refractivity contribution is 5.86. The molecule has 1 fully saturated rings. The van der Waals surface area contributed by atoms with E-state index in [4.69, 9.17) is 0 Å². The average Bonchev–Trinajstić information content (AvgIpc) is 2.85. The second kappa shape index (κ2) is 3.24. The molecule has 3 rings (SSSR count). The molecule has 1 aliphatic rings. The van der Waals surface area contributed by atoms with Crippen LogP contribution in [0.2, 0.25) is 0 Å². The Morgan fingerprint density at radius 2 is 2.33 bits per heavy atom. The molecule has 1 aliphatic heterocycles. The molecule has 0 bridgehead atoms. The van der Waals surface area contributed by atoms with E-state index in [0.717, 1.165) is 30.6 Å². The lowest BCUT2D eigenvalue weighted by molar-refractivity contribution is 0.480. The Balaban J connectivity index is 2.15. The standard InChI is InChI=1S/C11H13N3O/c15-9-3-1-2-8-10(13-14-11(8)9)7-4-5-12-6-7/h1-3,7,12,15H,4-6H2,(H,13,14). The van der Waals surface area contributed by atoms with Crippen molar-refractivity contribution in [3.63, 3.8) is 0 Å². The lowest BCUT2D eigenvalue weighted by Crippen LogP contribution is -2.08. The molecule has 2 aromatic rings. The summed E-state index contributed by atoms with van der Waals surface area (Å²) in [6.45, 7) is 2.05. The Hall–Kier alpha value is -1.55. The van der Waals surface area contributed by atoms with Crippen LogP contribution in [0, 0.1) is 0 Å². The van der Waals surface area contributed by atoms with Crippen LogP contribution in [0.15, 0.2) is 18.2 Å². The van der Waals surface area contributed by atoms with Gasteiger partial charge in [0.05, 0.1) is 0 Å². The van der Waals surface area contributed by atoms with E-state index in [1.165, 1.54) is 0 Å². The lowest BCUT2D eigenvalue weighted by Gasteiger charge is -2.05. The molecule has 4 nitrogen and oxygen atoms in total. The van der Waals surface area contributed by atoms with E-state index in [1.54, 1.807) is 6.07 Å². The molecular weight excluding hydrogens is 190 g/mol. The van der Waals surface area contributed by atoms with Gasteiger partial charge in [-0.1, -0.05) is 12.1 Å². The number of H-pyrrole nitrogens is 1. The molecule has 1 aromatic carbocycles. The van der Waals surface area contributed by atoms with Crippen LogP contribution in [0.25, 0.3) is 10.9 Å². The van der Waals surface area contributed by atoms with Gasteiger partial charge in [0.25, 0.3) is 0 Å². The van der Waals surface area contributed by atoms with Crippen molar-refractivity contribution < 1.29 is 5.11 Å². The minimum Gasteiger partial charge on any atom is -0.506 e. The molecular formula is C11H13N3O. The Labute approximate surface area is 87.3 Å².